The van der Waals surface area contributed by atoms with Crippen LogP contribution in [0.5, 0.6) is 5.75 Å². The van der Waals surface area contributed by atoms with Gasteiger partial charge in [-0.3, -0.25) is 0 Å². The lowest BCUT2D eigenvalue weighted by Crippen LogP contribution is -1.96. The zero-order valence-electron chi connectivity index (χ0n) is 10.6. The first-order valence-electron chi connectivity index (χ1n) is 6.21. The van der Waals surface area contributed by atoms with Crippen LogP contribution in [0.4, 0.5) is 0 Å². The number of nitrogens with zero attached hydrogens (tertiary/aromatic N) is 1. The third-order valence-corrected chi connectivity index (χ3v) is 4.97. The molecule has 0 unspecified atom stereocenters. The summed E-state index contributed by atoms with van der Waals surface area (Å²) < 4.78 is 8.98. The number of benzene rings is 1. The van der Waals surface area contributed by atoms with Gasteiger partial charge in [0.25, 0.3) is 0 Å². The van der Waals surface area contributed by atoms with Crippen molar-refractivity contribution >= 4 is 38.2 Å². The molecule has 0 amide bonds. The van der Waals surface area contributed by atoms with Crippen LogP contribution in [0.15, 0.2) is 46.4 Å². The van der Waals surface area contributed by atoms with Crippen LogP contribution in [0, 0.1) is 0 Å². The van der Waals surface area contributed by atoms with E-state index in [1.54, 1.807) is 11.3 Å². The average Bonchev–Trinajstić information content (AvgIpc) is 2.98. The molecule has 4 heteroatoms. The Morgan fingerprint density at radius 2 is 2.16 bits per heavy atom. The zero-order chi connectivity index (χ0) is 13.2. The summed E-state index contributed by atoms with van der Waals surface area (Å²) in [6.07, 6.45) is 2.13. The predicted molar refractivity (Wildman–Crippen MR) is 84.2 cm³/mol. The Hall–Kier alpha value is -1.26. The maximum absolute atomic E-state index is 5.53. The van der Waals surface area contributed by atoms with E-state index in [-0.39, 0.29) is 0 Å². The molecule has 2 aromatic heterocycles. The molecular weight excluding hydrogens is 322 g/mol. The molecule has 0 radical (unpaired) electrons. The van der Waals surface area contributed by atoms with E-state index in [4.69, 9.17) is 4.74 Å². The number of thiophene rings is 1. The first-order valence-corrected chi connectivity index (χ1v) is 7.89. The van der Waals surface area contributed by atoms with Gasteiger partial charge in [0.1, 0.15) is 5.75 Å². The van der Waals surface area contributed by atoms with Crippen molar-refractivity contribution in [2.45, 2.75) is 13.5 Å². The van der Waals surface area contributed by atoms with Crippen LogP contribution in [-0.2, 0) is 6.54 Å². The first kappa shape index (κ1) is 12.8. The van der Waals surface area contributed by atoms with Crippen LogP contribution in [0.1, 0.15) is 11.8 Å². The van der Waals surface area contributed by atoms with Crippen molar-refractivity contribution < 1.29 is 4.74 Å². The molecule has 3 aromatic rings. The van der Waals surface area contributed by atoms with Gasteiger partial charge < -0.3 is 9.30 Å². The minimum absolute atomic E-state index is 0.703. The molecule has 0 atom stereocenters. The highest BCUT2D eigenvalue weighted by Crippen LogP contribution is 2.27. The second-order valence-corrected chi connectivity index (χ2v) is 6.14. The van der Waals surface area contributed by atoms with Gasteiger partial charge in [-0.05, 0) is 58.6 Å². The molecule has 19 heavy (non-hydrogen) atoms. The molecule has 0 aliphatic heterocycles. The SMILES string of the molecule is CCOc1ccc2c(ccn2Cc2sccc2Br)c1. The number of halogens is 1. The predicted octanol–water partition coefficient (Wildman–Crippen LogP) is 4.91. The Bertz CT molecular complexity index is 701. The van der Waals surface area contributed by atoms with E-state index in [2.05, 4.69) is 56.3 Å². The van der Waals surface area contributed by atoms with Gasteiger partial charge in [0.05, 0.1) is 13.2 Å². The average molecular weight is 336 g/mol. The highest BCUT2D eigenvalue weighted by Gasteiger charge is 2.06. The number of ether oxygens (including phenoxy) is 1. The fourth-order valence-electron chi connectivity index (χ4n) is 2.17. The molecule has 2 heterocycles. The van der Waals surface area contributed by atoms with Crippen molar-refractivity contribution in [2.75, 3.05) is 6.61 Å². The topological polar surface area (TPSA) is 14.2 Å². The zero-order valence-corrected chi connectivity index (χ0v) is 13.0. The summed E-state index contributed by atoms with van der Waals surface area (Å²) in [5.74, 6) is 0.935. The van der Waals surface area contributed by atoms with Gasteiger partial charge in [-0.15, -0.1) is 11.3 Å². The summed E-state index contributed by atoms with van der Waals surface area (Å²) in [7, 11) is 0. The monoisotopic (exact) mass is 335 g/mol. The van der Waals surface area contributed by atoms with Crippen LogP contribution in [-0.4, -0.2) is 11.2 Å². The number of rotatable bonds is 4. The van der Waals surface area contributed by atoms with Gasteiger partial charge in [-0.1, -0.05) is 0 Å². The van der Waals surface area contributed by atoms with Gasteiger partial charge in [0, 0.05) is 26.4 Å². The molecule has 98 valence electrons. The smallest absolute Gasteiger partial charge is 0.120 e. The summed E-state index contributed by atoms with van der Waals surface area (Å²) in [6.45, 7) is 3.60. The molecule has 0 saturated heterocycles. The van der Waals surface area contributed by atoms with Crippen LogP contribution in [0.25, 0.3) is 10.9 Å². The molecule has 0 bridgehead atoms. The van der Waals surface area contributed by atoms with E-state index in [0.717, 1.165) is 12.3 Å². The van der Waals surface area contributed by atoms with E-state index in [9.17, 15) is 0 Å². The van der Waals surface area contributed by atoms with Crippen molar-refractivity contribution in [3.05, 3.63) is 51.3 Å². The van der Waals surface area contributed by atoms with Gasteiger partial charge in [0.2, 0.25) is 0 Å². The molecular formula is C15H14BrNOS. The number of hydrogen-bond donors (Lipinski definition) is 0. The van der Waals surface area contributed by atoms with Gasteiger partial charge in [0.15, 0.2) is 0 Å². The summed E-state index contributed by atoms with van der Waals surface area (Å²) in [5, 5.41) is 3.33. The molecule has 0 aliphatic carbocycles. The van der Waals surface area contributed by atoms with Crippen molar-refractivity contribution in [3.63, 3.8) is 0 Å². The third kappa shape index (κ3) is 2.55. The maximum Gasteiger partial charge on any atom is 0.120 e. The molecule has 0 aliphatic rings. The molecule has 0 fully saturated rings. The summed E-state index contributed by atoms with van der Waals surface area (Å²) in [5.41, 5.74) is 1.24. The lowest BCUT2D eigenvalue weighted by Gasteiger charge is -2.06. The van der Waals surface area contributed by atoms with E-state index in [0.29, 0.717) is 6.61 Å². The fourth-order valence-corrected chi connectivity index (χ4v) is 3.64. The highest BCUT2D eigenvalue weighted by molar-refractivity contribution is 9.10. The molecule has 3 rings (SSSR count). The number of fused-ring (bicyclic) bond motifs is 1. The Balaban J connectivity index is 1.95. The molecule has 2 nitrogen and oxygen atoms in total. The molecule has 1 aromatic carbocycles. The van der Waals surface area contributed by atoms with Crippen LogP contribution in [0.3, 0.4) is 0 Å². The summed E-state index contributed by atoms with van der Waals surface area (Å²) in [6, 6.07) is 10.5. The van der Waals surface area contributed by atoms with Gasteiger partial charge in [-0.2, -0.15) is 0 Å². The Kier molecular flexibility index (Phi) is 3.62. The minimum Gasteiger partial charge on any atom is -0.494 e. The molecule has 0 N–H and O–H groups in total. The maximum atomic E-state index is 5.53. The van der Waals surface area contributed by atoms with Crippen LogP contribution >= 0.6 is 27.3 Å². The van der Waals surface area contributed by atoms with E-state index < -0.39 is 0 Å². The van der Waals surface area contributed by atoms with Gasteiger partial charge >= 0.3 is 0 Å². The Labute approximate surface area is 124 Å². The lowest BCUT2D eigenvalue weighted by molar-refractivity contribution is 0.340. The van der Waals surface area contributed by atoms with E-state index >= 15 is 0 Å². The number of aromatic nitrogens is 1. The largest absolute Gasteiger partial charge is 0.494 e. The normalized spacial score (nSPS) is 11.1. The van der Waals surface area contributed by atoms with Crippen molar-refractivity contribution in [3.8, 4) is 5.75 Å². The fraction of sp³-hybridized carbons (Fsp3) is 0.200. The standard InChI is InChI=1S/C15H14BrNOS/c1-2-18-12-3-4-14-11(9-12)5-7-17(14)10-15-13(16)6-8-19-15/h3-9H,2,10H2,1H3. The quantitative estimate of drug-likeness (QED) is 0.660. The lowest BCUT2D eigenvalue weighted by atomic mass is 10.2. The molecule has 0 spiro atoms. The Morgan fingerprint density at radius 3 is 2.89 bits per heavy atom. The van der Waals surface area contributed by atoms with Crippen molar-refractivity contribution in [2.24, 2.45) is 0 Å². The number of hydrogen-bond acceptors (Lipinski definition) is 2. The second kappa shape index (κ2) is 5.39. The highest BCUT2D eigenvalue weighted by atomic mass is 79.9. The van der Waals surface area contributed by atoms with E-state index in [1.807, 2.05) is 13.0 Å². The van der Waals surface area contributed by atoms with Crippen LogP contribution < -0.4 is 4.74 Å². The minimum atomic E-state index is 0.703. The second-order valence-electron chi connectivity index (χ2n) is 4.29. The Morgan fingerprint density at radius 1 is 1.26 bits per heavy atom. The third-order valence-electron chi connectivity index (χ3n) is 3.06. The van der Waals surface area contributed by atoms with Crippen molar-refractivity contribution in [1.82, 2.24) is 4.57 Å². The molecule has 0 saturated carbocycles. The van der Waals surface area contributed by atoms with Crippen molar-refractivity contribution in [1.29, 1.82) is 0 Å². The van der Waals surface area contributed by atoms with Crippen LogP contribution in [0.2, 0.25) is 0 Å². The summed E-state index contributed by atoms with van der Waals surface area (Å²) >= 11 is 5.36. The van der Waals surface area contributed by atoms with E-state index in [1.165, 1.54) is 20.3 Å². The summed E-state index contributed by atoms with van der Waals surface area (Å²) in [4.78, 5) is 1.34. The van der Waals surface area contributed by atoms with Gasteiger partial charge in [-0.25, -0.2) is 0 Å². The first-order chi connectivity index (χ1) is 9.28.